The zero-order valence-electron chi connectivity index (χ0n) is 18.0. The third-order valence-electron chi connectivity index (χ3n) is 4.32. The van der Waals surface area contributed by atoms with Crippen LogP contribution >= 0.6 is 0 Å². The predicted molar refractivity (Wildman–Crippen MR) is 110 cm³/mol. The van der Waals surface area contributed by atoms with Crippen LogP contribution in [0.2, 0.25) is 0 Å². The summed E-state index contributed by atoms with van der Waals surface area (Å²) in [6, 6.07) is 0. The summed E-state index contributed by atoms with van der Waals surface area (Å²) in [5.74, 6) is -0.114. The van der Waals surface area contributed by atoms with Gasteiger partial charge in [0.05, 0.1) is 33.0 Å². The van der Waals surface area contributed by atoms with E-state index >= 15 is 0 Å². The third kappa shape index (κ3) is 23.3. The number of carbonyl (C=O) groups is 1. The molecule has 0 aliphatic rings. The largest absolute Gasteiger partial charge is 0.466 e. The number of rotatable bonds is 22. The molecule has 0 N–H and O–H groups in total. The molecule has 0 fully saturated rings. The summed E-state index contributed by atoms with van der Waals surface area (Å²) in [4.78, 5) is 11.5. The summed E-state index contributed by atoms with van der Waals surface area (Å²) >= 11 is 0. The molecule has 0 aromatic carbocycles. The molecule has 0 bridgehead atoms. The van der Waals surface area contributed by atoms with Gasteiger partial charge in [-0.3, -0.25) is 4.79 Å². The molecule has 0 unspecified atom stereocenters. The summed E-state index contributed by atoms with van der Waals surface area (Å²) in [5, 5.41) is 0. The van der Waals surface area contributed by atoms with Gasteiger partial charge >= 0.3 is 5.97 Å². The second kappa shape index (κ2) is 23.4. The first-order valence-electron chi connectivity index (χ1n) is 11.2. The molecular formula is C22H44O5. The van der Waals surface area contributed by atoms with E-state index in [0.29, 0.717) is 52.5 Å². The lowest BCUT2D eigenvalue weighted by atomic mass is 10.2. The van der Waals surface area contributed by atoms with Crippen LogP contribution in [-0.2, 0) is 23.7 Å². The molecule has 0 aromatic heterocycles. The number of esters is 1. The Hall–Kier alpha value is -0.650. The van der Waals surface area contributed by atoms with Crippen molar-refractivity contribution in [2.24, 2.45) is 0 Å². The topological polar surface area (TPSA) is 54.0 Å². The minimum absolute atomic E-state index is 0.114. The molecule has 0 radical (unpaired) electrons. The van der Waals surface area contributed by atoms with E-state index in [-0.39, 0.29) is 5.97 Å². The van der Waals surface area contributed by atoms with E-state index < -0.39 is 0 Å². The van der Waals surface area contributed by atoms with E-state index in [9.17, 15) is 4.79 Å². The molecule has 0 atom stereocenters. The quantitative estimate of drug-likeness (QED) is 0.186. The average Bonchev–Trinajstić information content (AvgIpc) is 2.67. The van der Waals surface area contributed by atoms with Gasteiger partial charge in [-0.15, -0.1) is 0 Å². The van der Waals surface area contributed by atoms with Crippen LogP contribution in [0.4, 0.5) is 0 Å². The van der Waals surface area contributed by atoms with E-state index in [0.717, 1.165) is 25.9 Å². The van der Waals surface area contributed by atoms with Crippen LogP contribution in [0, 0.1) is 0 Å². The molecular weight excluding hydrogens is 344 g/mol. The highest BCUT2D eigenvalue weighted by atomic mass is 16.5. The number of ether oxygens (including phenoxy) is 4. The van der Waals surface area contributed by atoms with Crippen molar-refractivity contribution in [1.82, 2.24) is 0 Å². The monoisotopic (exact) mass is 388 g/mol. The van der Waals surface area contributed by atoms with Crippen LogP contribution in [0.25, 0.3) is 0 Å². The Bertz CT molecular complexity index is 296. The first kappa shape index (κ1) is 26.4. The predicted octanol–water partition coefficient (Wildman–Crippen LogP) is 5.30. The summed E-state index contributed by atoms with van der Waals surface area (Å²) < 4.78 is 21.7. The lowest BCUT2D eigenvalue weighted by Gasteiger charge is -2.07. The van der Waals surface area contributed by atoms with Gasteiger partial charge in [-0.05, 0) is 19.3 Å². The van der Waals surface area contributed by atoms with Gasteiger partial charge in [0.2, 0.25) is 0 Å². The maximum Gasteiger partial charge on any atom is 0.305 e. The Balaban J connectivity index is 3.10. The van der Waals surface area contributed by atoms with Crippen molar-refractivity contribution in [3.63, 3.8) is 0 Å². The van der Waals surface area contributed by atoms with Crippen LogP contribution in [0.1, 0.15) is 90.9 Å². The molecule has 0 saturated carbocycles. The van der Waals surface area contributed by atoms with Crippen LogP contribution < -0.4 is 0 Å². The number of hydrogen-bond donors (Lipinski definition) is 0. The summed E-state index contributed by atoms with van der Waals surface area (Å²) in [6.45, 7) is 8.77. The van der Waals surface area contributed by atoms with E-state index in [4.69, 9.17) is 18.9 Å². The average molecular weight is 389 g/mol. The van der Waals surface area contributed by atoms with Gasteiger partial charge in [-0.1, -0.05) is 65.2 Å². The van der Waals surface area contributed by atoms with Crippen molar-refractivity contribution in [3.8, 4) is 0 Å². The number of hydrogen-bond acceptors (Lipinski definition) is 5. The second-order valence-corrected chi connectivity index (χ2v) is 6.99. The van der Waals surface area contributed by atoms with E-state index in [2.05, 4.69) is 13.8 Å². The van der Waals surface area contributed by atoms with Gasteiger partial charge in [-0.2, -0.15) is 0 Å². The normalized spacial score (nSPS) is 11.0. The van der Waals surface area contributed by atoms with Gasteiger partial charge < -0.3 is 18.9 Å². The highest BCUT2D eigenvalue weighted by Gasteiger charge is 2.02. The van der Waals surface area contributed by atoms with Crippen molar-refractivity contribution in [3.05, 3.63) is 0 Å². The molecule has 5 nitrogen and oxygen atoms in total. The van der Waals surface area contributed by atoms with Gasteiger partial charge in [0.1, 0.15) is 0 Å². The zero-order valence-corrected chi connectivity index (χ0v) is 18.0. The molecule has 0 aromatic rings. The first-order chi connectivity index (χ1) is 13.3. The molecule has 162 valence electrons. The molecule has 5 heteroatoms. The van der Waals surface area contributed by atoms with Crippen molar-refractivity contribution < 1.29 is 23.7 Å². The molecule has 0 aliphatic heterocycles. The van der Waals surface area contributed by atoms with Crippen molar-refractivity contribution in [2.45, 2.75) is 90.9 Å². The Labute approximate surface area is 167 Å². The maximum absolute atomic E-state index is 11.5. The second-order valence-electron chi connectivity index (χ2n) is 6.99. The standard InChI is InChI=1S/C22H44O5/c1-3-5-7-9-11-15-24-18-20-26-21-19-25-16-13-14-22(23)27-17-12-10-8-6-4-2/h3-21H2,1-2H3. The Morgan fingerprint density at radius 3 is 1.52 bits per heavy atom. The fraction of sp³-hybridized carbons (Fsp3) is 0.955. The van der Waals surface area contributed by atoms with Crippen LogP contribution in [0.3, 0.4) is 0 Å². The van der Waals surface area contributed by atoms with Gasteiger partial charge in [0.25, 0.3) is 0 Å². The number of unbranched alkanes of at least 4 members (excludes halogenated alkanes) is 8. The van der Waals surface area contributed by atoms with E-state index in [1.165, 1.54) is 44.9 Å². The molecule has 0 heterocycles. The summed E-state index contributed by atoms with van der Waals surface area (Å²) in [7, 11) is 0. The first-order valence-corrected chi connectivity index (χ1v) is 11.2. The highest BCUT2D eigenvalue weighted by Crippen LogP contribution is 2.04. The Morgan fingerprint density at radius 2 is 0.963 bits per heavy atom. The smallest absolute Gasteiger partial charge is 0.305 e. The van der Waals surface area contributed by atoms with E-state index in [1.54, 1.807) is 0 Å². The fourth-order valence-electron chi connectivity index (χ4n) is 2.63. The summed E-state index contributed by atoms with van der Waals surface area (Å²) in [6.07, 6.45) is 13.3. The van der Waals surface area contributed by atoms with Gasteiger partial charge in [-0.25, -0.2) is 0 Å². The summed E-state index contributed by atoms with van der Waals surface area (Å²) in [5.41, 5.74) is 0. The van der Waals surface area contributed by atoms with Crippen molar-refractivity contribution >= 4 is 5.97 Å². The van der Waals surface area contributed by atoms with Crippen LogP contribution in [0.5, 0.6) is 0 Å². The fourth-order valence-corrected chi connectivity index (χ4v) is 2.63. The Kier molecular flexibility index (Phi) is 22.8. The maximum atomic E-state index is 11.5. The van der Waals surface area contributed by atoms with Crippen LogP contribution in [-0.4, -0.2) is 52.2 Å². The minimum atomic E-state index is -0.114. The van der Waals surface area contributed by atoms with Gasteiger partial charge in [0.15, 0.2) is 0 Å². The molecule has 0 amide bonds. The molecule has 0 aliphatic carbocycles. The highest BCUT2D eigenvalue weighted by molar-refractivity contribution is 5.69. The Morgan fingerprint density at radius 1 is 0.519 bits per heavy atom. The molecule has 0 rings (SSSR count). The van der Waals surface area contributed by atoms with Gasteiger partial charge in [0, 0.05) is 19.6 Å². The third-order valence-corrected chi connectivity index (χ3v) is 4.32. The lowest BCUT2D eigenvalue weighted by Crippen LogP contribution is -2.11. The minimum Gasteiger partial charge on any atom is -0.466 e. The van der Waals surface area contributed by atoms with Crippen molar-refractivity contribution in [2.75, 3.05) is 46.2 Å². The number of carbonyl (C=O) groups excluding carboxylic acids is 1. The molecule has 27 heavy (non-hydrogen) atoms. The SMILES string of the molecule is CCCCCCCOCCOCCOCCCC(=O)OCCCCCCC. The lowest BCUT2D eigenvalue weighted by molar-refractivity contribution is -0.144. The van der Waals surface area contributed by atoms with Crippen molar-refractivity contribution in [1.29, 1.82) is 0 Å². The van der Waals surface area contributed by atoms with E-state index in [1.807, 2.05) is 0 Å². The molecule has 0 saturated heterocycles. The van der Waals surface area contributed by atoms with Crippen LogP contribution in [0.15, 0.2) is 0 Å². The zero-order chi connectivity index (χ0) is 19.8. The molecule has 0 spiro atoms.